The van der Waals surface area contributed by atoms with E-state index in [1.165, 1.54) is 5.56 Å². The second-order valence-corrected chi connectivity index (χ2v) is 4.90. The van der Waals surface area contributed by atoms with Crippen LogP contribution in [0.2, 0.25) is 0 Å². The van der Waals surface area contributed by atoms with Crippen LogP contribution >= 0.6 is 0 Å². The molecule has 0 aromatic heterocycles. The quantitative estimate of drug-likeness (QED) is 0.764. The van der Waals surface area contributed by atoms with Crippen LogP contribution in [0.4, 0.5) is 0 Å². The van der Waals surface area contributed by atoms with Crippen LogP contribution in [0.25, 0.3) is 0 Å². The van der Waals surface area contributed by atoms with Gasteiger partial charge in [0.05, 0.1) is 6.04 Å². The fourth-order valence-corrected chi connectivity index (χ4v) is 2.73. The molecule has 0 saturated carbocycles. The van der Waals surface area contributed by atoms with Gasteiger partial charge in [0.2, 0.25) is 0 Å². The van der Waals surface area contributed by atoms with Crippen molar-refractivity contribution in [3.63, 3.8) is 0 Å². The van der Waals surface area contributed by atoms with Crippen molar-refractivity contribution in [2.75, 3.05) is 26.2 Å². The van der Waals surface area contributed by atoms with Gasteiger partial charge in [0.1, 0.15) is 18.1 Å². The second kappa shape index (κ2) is 4.20. The zero-order valence-electron chi connectivity index (χ0n) is 10.0. The Balaban J connectivity index is 1.83. The van der Waals surface area contributed by atoms with Crippen LogP contribution < -0.4 is 10.1 Å². The Kier molecular flexibility index (Phi) is 2.68. The van der Waals surface area contributed by atoms with Crippen molar-refractivity contribution in [2.45, 2.75) is 19.0 Å². The monoisotopic (exact) mass is 234 g/mol. The van der Waals surface area contributed by atoms with Gasteiger partial charge in [0, 0.05) is 37.3 Å². The van der Waals surface area contributed by atoms with Crippen LogP contribution in [0.3, 0.4) is 0 Å². The molecule has 17 heavy (non-hydrogen) atoms. The number of nitrogens with one attached hydrogen (secondary N) is 1. The summed E-state index contributed by atoms with van der Waals surface area (Å²) >= 11 is 0. The molecule has 2 aliphatic heterocycles. The summed E-state index contributed by atoms with van der Waals surface area (Å²) in [5.41, 5.74) is 1.21. The second-order valence-electron chi connectivity index (χ2n) is 4.90. The van der Waals surface area contributed by atoms with Gasteiger partial charge in [-0.3, -0.25) is 4.90 Å². The van der Waals surface area contributed by atoms with E-state index in [1.807, 2.05) is 6.07 Å². The van der Waals surface area contributed by atoms with Crippen molar-refractivity contribution in [1.82, 2.24) is 10.2 Å². The molecule has 0 bridgehead atoms. The number of rotatable bonds is 1. The Hall–Kier alpha value is -1.26. The number of phenolic OH excluding ortho intramolecular Hbond substituents is 1. The van der Waals surface area contributed by atoms with E-state index in [0.717, 1.165) is 25.4 Å². The average molecular weight is 234 g/mol. The van der Waals surface area contributed by atoms with Gasteiger partial charge in [-0.25, -0.2) is 0 Å². The first-order chi connectivity index (χ1) is 8.24. The molecule has 0 radical (unpaired) electrons. The maximum atomic E-state index is 9.43. The average Bonchev–Trinajstić information content (AvgIpc) is 2.71. The third-order valence-corrected chi connectivity index (χ3v) is 3.59. The summed E-state index contributed by atoms with van der Waals surface area (Å²) < 4.78 is 5.66. The Morgan fingerprint density at radius 3 is 3.18 bits per heavy atom. The minimum Gasteiger partial charge on any atom is -0.508 e. The minimum absolute atomic E-state index is 0.276. The van der Waals surface area contributed by atoms with Crippen LogP contribution in [0, 0.1) is 0 Å². The highest BCUT2D eigenvalue weighted by atomic mass is 16.5. The lowest BCUT2D eigenvalue weighted by atomic mass is 10.1. The smallest absolute Gasteiger partial charge is 0.127 e. The van der Waals surface area contributed by atoms with E-state index in [2.05, 4.69) is 17.1 Å². The van der Waals surface area contributed by atoms with Gasteiger partial charge >= 0.3 is 0 Å². The van der Waals surface area contributed by atoms with Crippen LogP contribution in [0.1, 0.15) is 18.5 Å². The first-order valence-corrected chi connectivity index (χ1v) is 6.17. The largest absolute Gasteiger partial charge is 0.508 e. The number of ether oxygens (including phenoxy) is 1. The maximum Gasteiger partial charge on any atom is 0.127 e. The van der Waals surface area contributed by atoms with Gasteiger partial charge < -0.3 is 15.2 Å². The molecular weight excluding hydrogens is 216 g/mol. The van der Waals surface area contributed by atoms with E-state index < -0.39 is 0 Å². The Morgan fingerprint density at radius 1 is 1.47 bits per heavy atom. The van der Waals surface area contributed by atoms with Crippen molar-refractivity contribution in [3.8, 4) is 11.5 Å². The van der Waals surface area contributed by atoms with E-state index in [0.29, 0.717) is 18.7 Å². The standard InChI is InChI=1S/C13H18N2O2/c1-9-7-15(5-4-14-9)12-8-17-13-6-10(16)2-3-11(12)13/h2-3,6,9,12,14,16H,4-5,7-8H2,1H3. The highest BCUT2D eigenvalue weighted by Gasteiger charge is 2.31. The number of hydrogen-bond donors (Lipinski definition) is 2. The normalized spacial score (nSPS) is 28.8. The molecular formula is C13H18N2O2. The first kappa shape index (κ1) is 10.9. The lowest BCUT2D eigenvalue weighted by molar-refractivity contribution is 0.127. The summed E-state index contributed by atoms with van der Waals surface area (Å²) in [5, 5.41) is 12.9. The lowest BCUT2D eigenvalue weighted by Gasteiger charge is -2.35. The van der Waals surface area contributed by atoms with Crippen molar-refractivity contribution in [3.05, 3.63) is 23.8 Å². The topological polar surface area (TPSA) is 44.7 Å². The summed E-state index contributed by atoms with van der Waals surface area (Å²) in [6.45, 7) is 6.04. The van der Waals surface area contributed by atoms with Gasteiger partial charge in [0.25, 0.3) is 0 Å². The molecule has 2 N–H and O–H groups in total. The molecule has 1 aromatic carbocycles. The van der Waals surface area contributed by atoms with Crippen LogP contribution in [0.15, 0.2) is 18.2 Å². The number of aromatic hydroxyl groups is 1. The van der Waals surface area contributed by atoms with Crippen LogP contribution in [-0.4, -0.2) is 42.3 Å². The molecule has 4 nitrogen and oxygen atoms in total. The molecule has 0 aliphatic carbocycles. The molecule has 2 heterocycles. The van der Waals surface area contributed by atoms with Crippen molar-refractivity contribution in [1.29, 1.82) is 0 Å². The summed E-state index contributed by atoms with van der Waals surface area (Å²) in [4.78, 5) is 2.46. The minimum atomic E-state index is 0.276. The van der Waals surface area contributed by atoms with Crippen LogP contribution in [0.5, 0.6) is 11.5 Å². The Labute approximate surface area is 101 Å². The summed E-state index contributed by atoms with van der Waals surface area (Å²) in [7, 11) is 0. The Bertz CT molecular complexity index is 422. The molecule has 1 saturated heterocycles. The molecule has 1 fully saturated rings. The van der Waals surface area contributed by atoms with Gasteiger partial charge in [-0.05, 0) is 19.1 Å². The van der Waals surface area contributed by atoms with E-state index in [4.69, 9.17) is 4.74 Å². The fourth-order valence-electron chi connectivity index (χ4n) is 2.73. The zero-order chi connectivity index (χ0) is 11.8. The molecule has 0 spiro atoms. The van der Waals surface area contributed by atoms with Gasteiger partial charge in [0.15, 0.2) is 0 Å². The van der Waals surface area contributed by atoms with E-state index in [1.54, 1.807) is 12.1 Å². The van der Waals surface area contributed by atoms with Crippen LogP contribution in [-0.2, 0) is 0 Å². The molecule has 2 aliphatic rings. The van der Waals surface area contributed by atoms with Crippen molar-refractivity contribution >= 4 is 0 Å². The number of benzene rings is 1. The molecule has 3 rings (SSSR count). The summed E-state index contributed by atoms with van der Waals surface area (Å²) in [6.07, 6.45) is 0. The van der Waals surface area contributed by atoms with Gasteiger partial charge in [-0.15, -0.1) is 0 Å². The predicted molar refractivity (Wildman–Crippen MR) is 65.4 cm³/mol. The number of nitrogens with zero attached hydrogens (tertiary/aromatic N) is 1. The highest BCUT2D eigenvalue weighted by Crippen LogP contribution is 2.38. The predicted octanol–water partition coefficient (Wildman–Crippen LogP) is 1.12. The third-order valence-electron chi connectivity index (χ3n) is 3.59. The number of hydrogen-bond acceptors (Lipinski definition) is 4. The summed E-state index contributed by atoms with van der Waals surface area (Å²) in [5.74, 6) is 1.11. The van der Waals surface area contributed by atoms with Crippen molar-refractivity contribution in [2.24, 2.45) is 0 Å². The van der Waals surface area contributed by atoms with Crippen molar-refractivity contribution < 1.29 is 9.84 Å². The van der Waals surface area contributed by atoms with Gasteiger partial charge in [-0.1, -0.05) is 0 Å². The molecule has 92 valence electrons. The molecule has 1 aromatic rings. The molecule has 2 atom stereocenters. The fraction of sp³-hybridized carbons (Fsp3) is 0.538. The molecule has 4 heteroatoms. The number of fused-ring (bicyclic) bond motifs is 1. The van der Waals surface area contributed by atoms with E-state index in [-0.39, 0.29) is 5.75 Å². The molecule has 2 unspecified atom stereocenters. The number of phenols is 1. The molecule has 0 amide bonds. The number of piperazine rings is 1. The lowest BCUT2D eigenvalue weighted by Crippen LogP contribution is -2.50. The van der Waals surface area contributed by atoms with E-state index in [9.17, 15) is 5.11 Å². The summed E-state index contributed by atoms with van der Waals surface area (Å²) in [6, 6.07) is 6.31. The Morgan fingerprint density at radius 2 is 2.35 bits per heavy atom. The highest BCUT2D eigenvalue weighted by molar-refractivity contribution is 5.44. The van der Waals surface area contributed by atoms with Gasteiger partial charge in [-0.2, -0.15) is 0 Å². The first-order valence-electron chi connectivity index (χ1n) is 6.17. The maximum absolute atomic E-state index is 9.43. The van der Waals surface area contributed by atoms with E-state index >= 15 is 0 Å². The SMILES string of the molecule is CC1CN(C2COc3cc(O)ccc32)CCN1. The zero-order valence-corrected chi connectivity index (χ0v) is 10.0. The third kappa shape index (κ3) is 1.98.